The number of hydrogen-bond acceptors (Lipinski definition) is 4. The Balaban J connectivity index is 1.76. The van der Waals surface area contributed by atoms with Crippen LogP contribution in [0.5, 0.6) is 0 Å². The van der Waals surface area contributed by atoms with Gasteiger partial charge >= 0.3 is 0 Å². The first-order valence-corrected chi connectivity index (χ1v) is 14.5. The lowest BCUT2D eigenvalue weighted by Gasteiger charge is -2.36. The van der Waals surface area contributed by atoms with E-state index in [-0.39, 0.29) is 5.04 Å². The molecule has 5 nitrogen and oxygen atoms in total. The minimum Gasteiger partial charge on any atom is -0.413 e. The molecule has 172 valence electrons. The molecule has 0 amide bonds. The predicted octanol–water partition coefficient (Wildman–Crippen LogP) is 6.75. The summed E-state index contributed by atoms with van der Waals surface area (Å²) in [4.78, 5) is 8.91. The third kappa shape index (κ3) is 4.59. The van der Waals surface area contributed by atoms with Crippen molar-refractivity contribution in [2.24, 2.45) is 0 Å². The quantitative estimate of drug-likeness (QED) is 0.324. The van der Waals surface area contributed by atoms with Gasteiger partial charge in [-0.15, -0.1) is 0 Å². The van der Waals surface area contributed by atoms with E-state index in [0.29, 0.717) is 12.4 Å². The molecule has 0 unspecified atom stereocenters. The van der Waals surface area contributed by atoms with Crippen LogP contribution in [0.3, 0.4) is 0 Å². The Bertz CT molecular complexity index is 1270. The maximum atomic E-state index is 6.42. The number of aromatic nitrogens is 3. The molecule has 0 aliphatic heterocycles. The maximum absolute atomic E-state index is 6.42. The highest BCUT2D eigenvalue weighted by atomic mass is 28.4. The van der Waals surface area contributed by atoms with Crippen molar-refractivity contribution >= 4 is 25.0 Å². The monoisotopic (exact) mass is 458 g/mol. The van der Waals surface area contributed by atoms with Crippen molar-refractivity contribution in [3.63, 3.8) is 0 Å². The molecule has 0 radical (unpaired) electrons. The van der Waals surface area contributed by atoms with Gasteiger partial charge in [0.15, 0.2) is 8.32 Å². The molecule has 0 aliphatic carbocycles. The van der Waals surface area contributed by atoms with Gasteiger partial charge in [-0.1, -0.05) is 39.8 Å². The lowest BCUT2D eigenvalue weighted by Crippen LogP contribution is -2.40. The minimum atomic E-state index is -1.79. The molecule has 3 heterocycles. The van der Waals surface area contributed by atoms with Crippen LogP contribution in [0.25, 0.3) is 27.8 Å². The van der Waals surface area contributed by atoms with E-state index in [1.54, 1.807) is 6.20 Å². The van der Waals surface area contributed by atoms with Gasteiger partial charge in [-0.3, -0.25) is 4.98 Å². The number of fused-ring (bicyclic) bond motifs is 1. The second kappa shape index (κ2) is 8.76. The number of hydrogen-bond donors (Lipinski definition) is 1. The fourth-order valence-electron chi connectivity index (χ4n) is 3.67. The normalized spacial score (nSPS) is 12.4. The van der Waals surface area contributed by atoms with Gasteiger partial charge in [0.05, 0.1) is 17.8 Å². The molecule has 4 aromatic rings. The van der Waals surface area contributed by atoms with Crippen molar-refractivity contribution in [1.82, 2.24) is 14.5 Å². The molecule has 2 N–H and O–H groups in total. The lowest BCUT2D eigenvalue weighted by molar-refractivity contribution is 0.276. The first-order chi connectivity index (χ1) is 15.6. The molecule has 3 aromatic heterocycles. The zero-order valence-electron chi connectivity index (χ0n) is 20.5. The van der Waals surface area contributed by atoms with Crippen molar-refractivity contribution in [2.75, 3.05) is 5.73 Å². The third-order valence-corrected chi connectivity index (χ3v) is 11.3. The molecule has 0 saturated carbocycles. The number of rotatable bonds is 6. The topological polar surface area (TPSA) is 66.0 Å². The summed E-state index contributed by atoms with van der Waals surface area (Å²) in [5.41, 5.74) is 12.6. The van der Waals surface area contributed by atoms with Crippen molar-refractivity contribution in [1.29, 1.82) is 0 Å². The summed E-state index contributed by atoms with van der Waals surface area (Å²) in [6, 6.07) is 16.9. The fourth-order valence-corrected chi connectivity index (χ4v) is 4.63. The zero-order valence-corrected chi connectivity index (χ0v) is 21.5. The number of nitrogens with two attached hydrogens (primary N) is 1. The van der Waals surface area contributed by atoms with Crippen molar-refractivity contribution in [2.45, 2.75) is 58.9 Å². The molecule has 33 heavy (non-hydrogen) atoms. The van der Waals surface area contributed by atoms with Gasteiger partial charge in [-0.25, -0.2) is 4.98 Å². The maximum Gasteiger partial charge on any atom is 0.192 e. The van der Waals surface area contributed by atoms with E-state index >= 15 is 0 Å². The van der Waals surface area contributed by atoms with E-state index in [4.69, 9.17) is 10.2 Å². The predicted molar refractivity (Wildman–Crippen MR) is 140 cm³/mol. The van der Waals surface area contributed by atoms with Crippen LogP contribution in [0.4, 0.5) is 5.82 Å². The van der Waals surface area contributed by atoms with Gasteiger partial charge in [0.2, 0.25) is 0 Å². The molecule has 0 bridgehead atoms. The smallest absolute Gasteiger partial charge is 0.192 e. The standard InChI is InChI=1S/C27H34N4OSi/c1-7-21-16-24-20(17-30-21)15-25(23-9-8-14-29-26(23)28)31(24)22-12-10-19(11-13-22)18-32-33(5,6)27(2,3)4/h8-17H,7,18H2,1-6H3,(H2,28,29). The minimum absolute atomic E-state index is 0.195. The number of nitrogens with zero attached hydrogens (tertiary/aromatic N) is 3. The Morgan fingerprint density at radius 2 is 1.76 bits per heavy atom. The van der Waals surface area contributed by atoms with Crippen LogP contribution < -0.4 is 5.73 Å². The van der Waals surface area contributed by atoms with Gasteiger partial charge in [-0.2, -0.15) is 0 Å². The van der Waals surface area contributed by atoms with Gasteiger partial charge in [0.1, 0.15) is 5.82 Å². The van der Waals surface area contributed by atoms with E-state index in [1.807, 2.05) is 18.3 Å². The summed E-state index contributed by atoms with van der Waals surface area (Å²) in [7, 11) is -1.79. The highest BCUT2D eigenvalue weighted by molar-refractivity contribution is 6.74. The first-order valence-electron chi connectivity index (χ1n) is 11.6. The number of nitrogen functional groups attached to an aromatic ring is 1. The van der Waals surface area contributed by atoms with E-state index in [2.05, 4.69) is 91.7 Å². The van der Waals surface area contributed by atoms with E-state index in [1.165, 1.54) is 5.56 Å². The van der Waals surface area contributed by atoms with Gasteiger partial charge in [0.25, 0.3) is 0 Å². The number of pyridine rings is 2. The molecule has 0 fully saturated rings. The molecule has 0 aliphatic rings. The van der Waals surface area contributed by atoms with Crippen LogP contribution in [0.2, 0.25) is 18.1 Å². The van der Waals surface area contributed by atoms with Crippen LogP contribution in [-0.4, -0.2) is 22.9 Å². The van der Waals surface area contributed by atoms with Gasteiger partial charge in [0, 0.05) is 34.7 Å². The average molecular weight is 459 g/mol. The Labute approximate surface area is 197 Å². The Morgan fingerprint density at radius 3 is 2.39 bits per heavy atom. The molecule has 1 aromatic carbocycles. The van der Waals surface area contributed by atoms with E-state index < -0.39 is 8.32 Å². The van der Waals surface area contributed by atoms with Crippen LogP contribution in [-0.2, 0) is 17.5 Å². The van der Waals surface area contributed by atoms with Crippen molar-refractivity contribution in [3.8, 4) is 16.9 Å². The molecular formula is C27H34N4OSi. The van der Waals surface area contributed by atoms with Crippen LogP contribution in [0.1, 0.15) is 39.0 Å². The van der Waals surface area contributed by atoms with Gasteiger partial charge < -0.3 is 14.7 Å². The van der Waals surface area contributed by atoms with Crippen molar-refractivity contribution < 1.29 is 4.43 Å². The zero-order chi connectivity index (χ0) is 23.8. The Hall–Kier alpha value is -2.96. The fraction of sp³-hybridized carbons (Fsp3) is 0.333. The highest BCUT2D eigenvalue weighted by Gasteiger charge is 2.37. The molecule has 0 spiro atoms. The van der Waals surface area contributed by atoms with E-state index in [0.717, 1.165) is 40.0 Å². The summed E-state index contributed by atoms with van der Waals surface area (Å²) >= 11 is 0. The highest BCUT2D eigenvalue weighted by Crippen LogP contribution is 2.37. The largest absolute Gasteiger partial charge is 0.413 e. The summed E-state index contributed by atoms with van der Waals surface area (Å²) in [6.45, 7) is 14.1. The molecule has 0 saturated heterocycles. The van der Waals surface area contributed by atoms with E-state index in [9.17, 15) is 0 Å². The Kier molecular flexibility index (Phi) is 6.16. The van der Waals surface area contributed by atoms with Gasteiger partial charge in [-0.05, 0) is 66.5 Å². The number of anilines is 1. The SMILES string of the molecule is CCc1cc2c(cn1)cc(-c1cccnc1N)n2-c1ccc(CO[Si](C)(C)C(C)(C)C)cc1. The molecule has 6 heteroatoms. The van der Waals surface area contributed by atoms with Crippen LogP contribution >= 0.6 is 0 Å². The molecule has 4 rings (SSSR count). The first kappa shape index (κ1) is 23.2. The summed E-state index contributed by atoms with van der Waals surface area (Å²) < 4.78 is 8.67. The molecule has 0 atom stereocenters. The average Bonchev–Trinajstić information content (AvgIpc) is 3.16. The van der Waals surface area contributed by atoms with Crippen LogP contribution in [0.15, 0.2) is 60.9 Å². The summed E-state index contributed by atoms with van der Waals surface area (Å²) in [5, 5.41) is 1.27. The molecular weight excluding hydrogens is 424 g/mol. The number of benzene rings is 1. The summed E-state index contributed by atoms with van der Waals surface area (Å²) in [6.07, 6.45) is 4.55. The second-order valence-electron chi connectivity index (χ2n) is 10.1. The summed E-state index contributed by atoms with van der Waals surface area (Å²) in [5.74, 6) is 0.518. The van der Waals surface area contributed by atoms with Crippen molar-refractivity contribution in [3.05, 3.63) is 72.2 Å². The third-order valence-electron chi connectivity index (χ3n) is 6.82. The Morgan fingerprint density at radius 1 is 1.03 bits per heavy atom. The van der Waals surface area contributed by atoms with Crippen LogP contribution in [0, 0.1) is 0 Å². The second-order valence-corrected chi connectivity index (χ2v) is 14.9. The lowest BCUT2D eigenvalue weighted by atomic mass is 10.1. The number of aryl methyl sites for hydroxylation is 1.